The fourth-order valence-corrected chi connectivity index (χ4v) is 16.8. The number of hydrogen-bond acceptors (Lipinski definition) is 2. The molecule has 0 saturated heterocycles. The molecule has 14 rings (SSSR count). The van der Waals surface area contributed by atoms with Crippen molar-refractivity contribution in [2.75, 3.05) is 9.71 Å². The van der Waals surface area contributed by atoms with E-state index in [1.54, 1.807) is 0 Å². The molecule has 5 aliphatic carbocycles. The maximum absolute atomic E-state index is 2.91. The quantitative estimate of drug-likeness (QED) is 0.159. The van der Waals surface area contributed by atoms with Crippen LogP contribution in [0.3, 0.4) is 0 Å². The minimum atomic E-state index is -0.278. The Balaban J connectivity index is 1.21. The van der Waals surface area contributed by atoms with E-state index < -0.39 is 0 Å². The summed E-state index contributed by atoms with van der Waals surface area (Å²) in [4.78, 5) is 5.76. The average Bonchev–Trinajstić information content (AvgIpc) is 3.93. The summed E-state index contributed by atoms with van der Waals surface area (Å²) < 4.78 is 0. The molecule has 0 amide bonds. The van der Waals surface area contributed by atoms with E-state index in [0.717, 1.165) is 0 Å². The second-order valence-electron chi connectivity index (χ2n) is 30.1. The van der Waals surface area contributed by atoms with E-state index in [0.29, 0.717) is 0 Å². The van der Waals surface area contributed by atoms with Crippen molar-refractivity contribution in [1.29, 1.82) is 0 Å². The topological polar surface area (TPSA) is 6.48 Å². The van der Waals surface area contributed by atoms with Gasteiger partial charge in [-0.15, -0.1) is 0 Å². The van der Waals surface area contributed by atoms with Gasteiger partial charge in [0.2, 0.25) is 0 Å². The van der Waals surface area contributed by atoms with Gasteiger partial charge in [-0.2, -0.15) is 0 Å². The molecular formula is C73H81BN2. The van der Waals surface area contributed by atoms with Crippen molar-refractivity contribution in [1.82, 2.24) is 0 Å². The minimum absolute atomic E-state index is 0.0254. The molecule has 0 aromatic heterocycles. The van der Waals surface area contributed by atoms with Crippen LogP contribution >= 0.6 is 0 Å². The van der Waals surface area contributed by atoms with Crippen molar-refractivity contribution in [3.05, 3.63) is 170 Å². The SMILES string of the molecule is Cc1cc2c(cc1N1c3ccc4c(c3B3c5c(cc6c(c51)C(C)(C)c1ccccc1-6)-c1cc5c(cc1N3c1ccc3c(c1)C(C)(C)CCC3(C)C)C(C)(C)CCC5(C)C)-c1ccccc1C4(C)C)C(C)(C)CCC2(C)C. The smallest absolute Gasteiger partial charge is 0.333 e. The van der Waals surface area contributed by atoms with Gasteiger partial charge in [0.15, 0.2) is 0 Å². The van der Waals surface area contributed by atoms with Crippen molar-refractivity contribution in [3.63, 3.8) is 0 Å². The van der Waals surface area contributed by atoms with Gasteiger partial charge in [0.25, 0.3) is 0 Å². The first kappa shape index (κ1) is 48.6. The zero-order valence-electron chi connectivity index (χ0n) is 49.1. The summed E-state index contributed by atoms with van der Waals surface area (Å²) in [5.74, 6) is 0. The summed E-state index contributed by atoms with van der Waals surface area (Å²) >= 11 is 0. The Kier molecular flexibility index (Phi) is 9.49. The van der Waals surface area contributed by atoms with Gasteiger partial charge in [0.1, 0.15) is 0 Å². The van der Waals surface area contributed by atoms with Gasteiger partial charge in [0, 0.05) is 44.8 Å². The van der Waals surface area contributed by atoms with Crippen LogP contribution in [0.2, 0.25) is 0 Å². The van der Waals surface area contributed by atoms with Crippen LogP contribution in [-0.2, 0) is 43.3 Å². The number of anilines is 5. The first-order valence-corrected chi connectivity index (χ1v) is 29.3. The molecule has 2 aliphatic heterocycles. The Morgan fingerprint density at radius 3 is 1.45 bits per heavy atom. The number of aryl methyl sites for hydroxylation is 1. The molecule has 0 bridgehead atoms. The summed E-state index contributed by atoms with van der Waals surface area (Å²) in [5, 5.41) is 0. The molecule has 0 atom stereocenters. The summed E-state index contributed by atoms with van der Waals surface area (Å²) in [6.07, 6.45) is 7.07. The second-order valence-corrected chi connectivity index (χ2v) is 30.1. The molecule has 7 aromatic rings. The van der Waals surface area contributed by atoms with E-state index in [-0.39, 0.29) is 50.2 Å². The van der Waals surface area contributed by atoms with Gasteiger partial charge in [-0.3, -0.25) is 0 Å². The Morgan fingerprint density at radius 1 is 0.355 bits per heavy atom. The van der Waals surface area contributed by atoms with Crippen LogP contribution in [0.1, 0.15) is 211 Å². The van der Waals surface area contributed by atoms with Crippen molar-refractivity contribution >= 4 is 46.2 Å². The average molecular weight is 997 g/mol. The van der Waals surface area contributed by atoms with Gasteiger partial charge >= 0.3 is 6.85 Å². The van der Waals surface area contributed by atoms with Crippen molar-refractivity contribution < 1.29 is 0 Å². The third kappa shape index (κ3) is 6.18. The number of rotatable bonds is 2. The maximum atomic E-state index is 2.91. The van der Waals surface area contributed by atoms with Crippen molar-refractivity contribution in [2.45, 2.75) is 200 Å². The molecule has 0 saturated carbocycles. The van der Waals surface area contributed by atoms with Crippen LogP contribution in [0, 0.1) is 6.92 Å². The van der Waals surface area contributed by atoms with E-state index in [1.807, 2.05) is 0 Å². The van der Waals surface area contributed by atoms with E-state index >= 15 is 0 Å². The second kappa shape index (κ2) is 14.9. The fourth-order valence-electron chi connectivity index (χ4n) is 16.8. The third-order valence-electron chi connectivity index (χ3n) is 21.9. The fraction of sp³-hybridized carbons (Fsp3) is 0.425. The zero-order chi connectivity index (χ0) is 53.6. The lowest BCUT2D eigenvalue weighted by Gasteiger charge is -2.50. The molecule has 0 spiro atoms. The van der Waals surface area contributed by atoms with Gasteiger partial charge in [-0.25, -0.2) is 0 Å². The molecule has 0 unspecified atom stereocenters. The van der Waals surface area contributed by atoms with E-state index in [2.05, 4.69) is 237 Å². The predicted molar refractivity (Wildman–Crippen MR) is 326 cm³/mol. The largest absolute Gasteiger partial charge is 0.376 e. The zero-order valence-corrected chi connectivity index (χ0v) is 49.1. The number of benzene rings is 7. The Morgan fingerprint density at radius 2 is 0.842 bits per heavy atom. The molecular weight excluding hydrogens is 916 g/mol. The van der Waals surface area contributed by atoms with Crippen LogP contribution < -0.4 is 20.6 Å². The number of hydrogen-bond donors (Lipinski definition) is 0. The molecule has 0 N–H and O–H groups in total. The standard InChI is InChI=1S/C73H81BN2/c1-42-36-53-56(70(10,11)34-32-67(53,4)5)40-59(42)75-58-29-28-52-61(45-23-19-21-25-50(45)72(52,14)15)64(58)74-63-48(38-47-44-22-18-20-24-49(44)73(16,17)62(47)65(63)75)46-39-55-57(71(12,13)35-33-69(55,8)9)41-60(46)76(74)43-26-27-51-54(37-43)68(6,7)31-30-66(51,2)3/h18-29,36-41H,30-35H2,1-17H3. The van der Waals surface area contributed by atoms with Gasteiger partial charge in [-0.05, 0) is 220 Å². The molecule has 0 fully saturated rings. The van der Waals surface area contributed by atoms with E-state index in [1.165, 1.54) is 172 Å². The Labute approximate surface area is 456 Å². The lowest BCUT2D eigenvalue weighted by atomic mass is 9.41. The first-order chi connectivity index (χ1) is 35.6. The van der Waals surface area contributed by atoms with E-state index in [9.17, 15) is 0 Å². The van der Waals surface area contributed by atoms with Gasteiger partial charge < -0.3 is 9.71 Å². The van der Waals surface area contributed by atoms with Gasteiger partial charge in [-0.1, -0.05) is 178 Å². The molecule has 0 radical (unpaired) electrons. The minimum Gasteiger partial charge on any atom is -0.376 e. The third-order valence-corrected chi connectivity index (χ3v) is 21.9. The maximum Gasteiger partial charge on any atom is 0.333 e. The summed E-state index contributed by atoms with van der Waals surface area (Å²) in [6.45, 7) is 42.3. The molecule has 7 aliphatic rings. The van der Waals surface area contributed by atoms with Gasteiger partial charge in [0.05, 0.1) is 0 Å². The molecule has 76 heavy (non-hydrogen) atoms. The molecule has 386 valence electrons. The summed E-state index contributed by atoms with van der Waals surface area (Å²) in [5.41, 5.74) is 34.0. The normalized spacial score (nSPS) is 21.7. The lowest BCUT2D eigenvalue weighted by molar-refractivity contribution is 0.332. The van der Waals surface area contributed by atoms with E-state index in [4.69, 9.17) is 0 Å². The Hall–Kier alpha value is -5.80. The molecule has 7 aromatic carbocycles. The number of fused-ring (bicyclic) bond motifs is 15. The van der Waals surface area contributed by atoms with Crippen LogP contribution in [0.25, 0.3) is 33.4 Å². The number of nitrogens with zero attached hydrogens (tertiary/aromatic N) is 2. The van der Waals surface area contributed by atoms with Crippen LogP contribution in [0.4, 0.5) is 28.4 Å². The predicted octanol–water partition coefficient (Wildman–Crippen LogP) is 18.4. The highest BCUT2D eigenvalue weighted by atomic mass is 15.2. The monoisotopic (exact) mass is 997 g/mol. The highest BCUT2D eigenvalue weighted by molar-refractivity contribution is 6.94. The van der Waals surface area contributed by atoms with Crippen molar-refractivity contribution in [2.24, 2.45) is 0 Å². The molecule has 2 nitrogen and oxygen atoms in total. The summed E-state index contributed by atoms with van der Waals surface area (Å²) in [6, 6.07) is 45.2. The molecule has 3 heteroatoms. The summed E-state index contributed by atoms with van der Waals surface area (Å²) in [7, 11) is 0. The highest BCUT2D eigenvalue weighted by Crippen LogP contribution is 2.62. The van der Waals surface area contributed by atoms with Crippen molar-refractivity contribution in [3.8, 4) is 33.4 Å². The lowest BCUT2D eigenvalue weighted by Crippen LogP contribution is -2.63. The first-order valence-electron chi connectivity index (χ1n) is 29.3. The van der Waals surface area contributed by atoms with Crippen LogP contribution in [0.15, 0.2) is 109 Å². The highest BCUT2D eigenvalue weighted by Gasteiger charge is 2.54. The van der Waals surface area contributed by atoms with Crippen LogP contribution in [-0.4, -0.2) is 6.85 Å². The van der Waals surface area contributed by atoms with Crippen LogP contribution in [0.5, 0.6) is 0 Å². The molecule has 2 heterocycles. The Bertz CT molecular complexity index is 3750.